The smallest absolute Gasteiger partial charge is 0.0589 e. The third-order valence-electron chi connectivity index (χ3n) is 3.06. The van der Waals surface area contributed by atoms with E-state index < -0.39 is 0 Å². The van der Waals surface area contributed by atoms with E-state index in [2.05, 4.69) is 29.0 Å². The van der Waals surface area contributed by atoms with Gasteiger partial charge < -0.3 is 10.1 Å². The van der Waals surface area contributed by atoms with Crippen molar-refractivity contribution in [3.8, 4) is 0 Å². The van der Waals surface area contributed by atoms with Gasteiger partial charge in [0.25, 0.3) is 0 Å². The summed E-state index contributed by atoms with van der Waals surface area (Å²) in [5.74, 6) is 0. The molecule has 0 bridgehead atoms. The molecule has 96 valence electrons. The first-order valence-corrected chi connectivity index (χ1v) is 6.39. The van der Waals surface area contributed by atoms with Crippen LogP contribution in [0.4, 0.5) is 0 Å². The van der Waals surface area contributed by atoms with Crippen LogP contribution in [0.25, 0.3) is 0 Å². The fraction of sp³-hybridized carbons (Fsp3) is 1.00. The Morgan fingerprint density at radius 2 is 1.62 bits per heavy atom. The molecule has 4 heteroatoms. The van der Waals surface area contributed by atoms with E-state index in [1.807, 2.05) is 0 Å². The number of rotatable bonds is 7. The number of nitrogens with one attached hydrogen (secondary N) is 1. The van der Waals surface area contributed by atoms with Gasteiger partial charge in [0.2, 0.25) is 0 Å². The summed E-state index contributed by atoms with van der Waals surface area (Å²) in [4.78, 5) is 5.02. The molecule has 4 nitrogen and oxygen atoms in total. The molecular formula is C12H27N3O. The van der Waals surface area contributed by atoms with Gasteiger partial charge in [-0.3, -0.25) is 9.80 Å². The van der Waals surface area contributed by atoms with Crippen molar-refractivity contribution in [1.82, 2.24) is 15.1 Å². The molecule has 0 aromatic heterocycles. The average Bonchev–Trinajstić information content (AvgIpc) is 2.27. The zero-order valence-corrected chi connectivity index (χ0v) is 11.0. The van der Waals surface area contributed by atoms with E-state index in [0.717, 1.165) is 19.7 Å². The highest BCUT2D eigenvalue weighted by atomic mass is 16.5. The van der Waals surface area contributed by atoms with E-state index >= 15 is 0 Å². The number of piperazine rings is 1. The quantitative estimate of drug-likeness (QED) is 0.677. The highest BCUT2D eigenvalue weighted by molar-refractivity contribution is 4.72. The predicted octanol–water partition coefficient (Wildman–Crippen LogP) is 0.248. The molecule has 1 N–H and O–H groups in total. The Morgan fingerprint density at radius 1 is 1.06 bits per heavy atom. The molecule has 1 aliphatic rings. The summed E-state index contributed by atoms with van der Waals surface area (Å²) in [5.41, 5.74) is 0. The van der Waals surface area contributed by atoms with Crippen LogP contribution in [0.1, 0.15) is 13.8 Å². The van der Waals surface area contributed by atoms with Crippen molar-refractivity contribution in [2.45, 2.75) is 19.9 Å². The lowest BCUT2D eigenvalue weighted by Crippen LogP contribution is -2.49. The Labute approximate surface area is 99.9 Å². The molecule has 0 unspecified atom stereocenters. The Balaban J connectivity index is 2.03. The molecule has 1 heterocycles. The van der Waals surface area contributed by atoms with Gasteiger partial charge >= 0.3 is 0 Å². The fourth-order valence-electron chi connectivity index (χ4n) is 1.97. The first kappa shape index (κ1) is 13.9. The minimum absolute atomic E-state index is 0.600. The molecule has 1 fully saturated rings. The van der Waals surface area contributed by atoms with Gasteiger partial charge in [0, 0.05) is 59.0 Å². The van der Waals surface area contributed by atoms with Crippen molar-refractivity contribution in [2.24, 2.45) is 0 Å². The van der Waals surface area contributed by atoms with Gasteiger partial charge in [0.1, 0.15) is 0 Å². The van der Waals surface area contributed by atoms with Crippen LogP contribution < -0.4 is 5.32 Å². The van der Waals surface area contributed by atoms with Crippen LogP contribution in [-0.4, -0.2) is 75.4 Å². The summed E-state index contributed by atoms with van der Waals surface area (Å²) in [6, 6.07) is 0.600. The molecule has 1 saturated heterocycles. The number of nitrogens with zero attached hydrogens (tertiary/aromatic N) is 2. The lowest BCUT2D eigenvalue weighted by molar-refractivity contribution is 0.0971. The second-order valence-corrected chi connectivity index (χ2v) is 4.78. The maximum Gasteiger partial charge on any atom is 0.0589 e. The summed E-state index contributed by atoms with van der Waals surface area (Å²) in [5, 5.41) is 3.46. The van der Waals surface area contributed by atoms with Crippen LogP contribution in [-0.2, 0) is 4.74 Å². The summed E-state index contributed by atoms with van der Waals surface area (Å²) in [6.07, 6.45) is 0. The van der Waals surface area contributed by atoms with E-state index in [9.17, 15) is 0 Å². The van der Waals surface area contributed by atoms with Gasteiger partial charge in [-0.2, -0.15) is 0 Å². The third kappa shape index (κ3) is 5.80. The average molecular weight is 229 g/mol. The van der Waals surface area contributed by atoms with Crippen LogP contribution in [0.3, 0.4) is 0 Å². The van der Waals surface area contributed by atoms with Crippen LogP contribution in [0.15, 0.2) is 0 Å². The summed E-state index contributed by atoms with van der Waals surface area (Å²) < 4.78 is 5.10. The lowest BCUT2D eigenvalue weighted by Gasteiger charge is -2.34. The van der Waals surface area contributed by atoms with Crippen molar-refractivity contribution in [3.05, 3.63) is 0 Å². The van der Waals surface area contributed by atoms with Gasteiger partial charge in [-0.05, 0) is 0 Å². The maximum atomic E-state index is 5.10. The van der Waals surface area contributed by atoms with Crippen LogP contribution >= 0.6 is 0 Å². The predicted molar refractivity (Wildman–Crippen MR) is 67.9 cm³/mol. The molecule has 1 aliphatic heterocycles. The zero-order chi connectivity index (χ0) is 11.8. The monoisotopic (exact) mass is 229 g/mol. The van der Waals surface area contributed by atoms with Gasteiger partial charge in [0.05, 0.1) is 6.61 Å². The molecule has 0 aromatic rings. The van der Waals surface area contributed by atoms with Crippen molar-refractivity contribution in [2.75, 3.05) is 59.5 Å². The number of hydrogen-bond acceptors (Lipinski definition) is 4. The molecule has 0 aromatic carbocycles. The van der Waals surface area contributed by atoms with E-state index in [0.29, 0.717) is 6.04 Å². The second-order valence-electron chi connectivity index (χ2n) is 4.78. The summed E-state index contributed by atoms with van der Waals surface area (Å²) in [7, 11) is 1.77. The molecule has 0 saturated carbocycles. The number of ether oxygens (including phenoxy) is 1. The second kappa shape index (κ2) is 8.01. The molecule has 0 spiro atoms. The standard InChI is InChI=1S/C12H27N3O/c1-12(2)13-4-5-14-6-8-15(9-7-14)10-11-16-3/h12-13H,4-11H2,1-3H3. The van der Waals surface area contributed by atoms with Gasteiger partial charge in [-0.1, -0.05) is 13.8 Å². The highest BCUT2D eigenvalue weighted by Crippen LogP contribution is 2.00. The van der Waals surface area contributed by atoms with Crippen molar-refractivity contribution >= 4 is 0 Å². The maximum absolute atomic E-state index is 5.10. The molecule has 0 atom stereocenters. The van der Waals surface area contributed by atoms with Gasteiger partial charge in [-0.25, -0.2) is 0 Å². The first-order valence-electron chi connectivity index (χ1n) is 6.39. The van der Waals surface area contributed by atoms with E-state index in [4.69, 9.17) is 4.74 Å². The van der Waals surface area contributed by atoms with Crippen molar-refractivity contribution in [3.63, 3.8) is 0 Å². The van der Waals surface area contributed by atoms with E-state index in [1.54, 1.807) is 7.11 Å². The topological polar surface area (TPSA) is 27.7 Å². The first-order chi connectivity index (χ1) is 7.72. The molecule has 16 heavy (non-hydrogen) atoms. The molecule has 0 radical (unpaired) electrons. The van der Waals surface area contributed by atoms with Crippen LogP contribution in [0.5, 0.6) is 0 Å². The zero-order valence-electron chi connectivity index (χ0n) is 11.0. The summed E-state index contributed by atoms with van der Waals surface area (Å²) >= 11 is 0. The highest BCUT2D eigenvalue weighted by Gasteiger charge is 2.15. The number of hydrogen-bond donors (Lipinski definition) is 1. The summed E-state index contributed by atoms with van der Waals surface area (Å²) in [6.45, 7) is 13.4. The Bertz CT molecular complexity index is 168. The van der Waals surface area contributed by atoms with Gasteiger partial charge in [0.15, 0.2) is 0 Å². The Kier molecular flexibility index (Phi) is 6.96. The largest absolute Gasteiger partial charge is 0.383 e. The molecular weight excluding hydrogens is 202 g/mol. The Hall–Kier alpha value is -0.160. The SMILES string of the molecule is COCCN1CCN(CCNC(C)C)CC1. The normalized spacial score (nSPS) is 19.5. The Morgan fingerprint density at radius 3 is 2.12 bits per heavy atom. The van der Waals surface area contributed by atoms with Gasteiger partial charge in [-0.15, -0.1) is 0 Å². The van der Waals surface area contributed by atoms with E-state index in [1.165, 1.54) is 32.7 Å². The third-order valence-corrected chi connectivity index (χ3v) is 3.06. The molecule has 0 amide bonds. The van der Waals surface area contributed by atoms with Crippen molar-refractivity contribution in [1.29, 1.82) is 0 Å². The lowest BCUT2D eigenvalue weighted by atomic mass is 10.3. The van der Waals surface area contributed by atoms with Crippen molar-refractivity contribution < 1.29 is 4.74 Å². The minimum Gasteiger partial charge on any atom is -0.383 e. The molecule has 0 aliphatic carbocycles. The van der Waals surface area contributed by atoms with Crippen LogP contribution in [0, 0.1) is 0 Å². The minimum atomic E-state index is 0.600. The number of methoxy groups -OCH3 is 1. The van der Waals surface area contributed by atoms with Crippen LogP contribution in [0.2, 0.25) is 0 Å². The fourth-order valence-corrected chi connectivity index (χ4v) is 1.97. The molecule has 1 rings (SSSR count). The van der Waals surface area contributed by atoms with E-state index in [-0.39, 0.29) is 0 Å².